The third kappa shape index (κ3) is 3.34. The van der Waals surface area contributed by atoms with E-state index in [9.17, 15) is 4.79 Å². The maximum Gasteiger partial charge on any atom is 0.268 e. The smallest absolute Gasteiger partial charge is 0.268 e. The Kier molecular flexibility index (Phi) is 4.18. The lowest BCUT2D eigenvalue weighted by Crippen LogP contribution is -2.20. The fraction of sp³-hybridized carbons (Fsp3) is 0.286. The summed E-state index contributed by atoms with van der Waals surface area (Å²) in [6.07, 6.45) is 0.884. The van der Waals surface area contributed by atoms with Crippen LogP contribution >= 0.6 is 0 Å². The molecule has 0 spiro atoms. The maximum absolute atomic E-state index is 11.7. The first-order valence-corrected chi connectivity index (χ1v) is 6.24. The fourth-order valence-electron chi connectivity index (χ4n) is 1.59. The van der Waals surface area contributed by atoms with E-state index in [0.29, 0.717) is 18.2 Å². The molecular weight excluding hydrogens is 242 g/mol. The predicted molar refractivity (Wildman–Crippen MR) is 75.0 cm³/mol. The van der Waals surface area contributed by atoms with E-state index in [0.717, 1.165) is 12.1 Å². The van der Waals surface area contributed by atoms with Crippen molar-refractivity contribution in [2.45, 2.75) is 13.3 Å². The molecule has 1 N–H and O–H groups in total. The van der Waals surface area contributed by atoms with Crippen LogP contribution in [0.2, 0.25) is 0 Å². The first-order valence-electron chi connectivity index (χ1n) is 6.24. The van der Waals surface area contributed by atoms with Crippen LogP contribution in [0.3, 0.4) is 0 Å². The Morgan fingerprint density at radius 3 is 2.74 bits per heavy atom. The van der Waals surface area contributed by atoms with Crippen LogP contribution in [0.4, 0.5) is 11.4 Å². The van der Waals surface area contributed by atoms with Gasteiger partial charge in [-0.2, -0.15) is 0 Å². The highest BCUT2D eigenvalue weighted by Gasteiger charge is 2.08. The summed E-state index contributed by atoms with van der Waals surface area (Å²) in [6.45, 7) is 2.58. The van der Waals surface area contributed by atoms with Gasteiger partial charge >= 0.3 is 0 Å². The summed E-state index contributed by atoms with van der Waals surface area (Å²) in [6, 6.07) is 11.1. The Labute approximate surface area is 111 Å². The summed E-state index contributed by atoms with van der Waals surface area (Å²) in [5, 5.41) is 7.27. The summed E-state index contributed by atoms with van der Waals surface area (Å²) >= 11 is 0. The molecule has 1 aromatic carbocycles. The number of ether oxygens (including phenoxy) is 1. The van der Waals surface area contributed by atoms with Crippen molar-refractivity contribution >= 4 is 11.4 Å². The number of aromatic nitrogens is 2. The zero-order valence-electron chi connectivity index (χ0n) is 11.1. The van der Waals surface area contributed by atoms with E-state index in [1.807, 2.05) is 37.3 Å². The molecule has 0 aliphatic heterocycles. The van der Waals surface area contributed by atoms with Crippen molar-refractivity contribution in [1.29, 1.82) is 0 Å². The first-order chi connectivity index (χ1) is 9.20. The zero-order chi connectivity index (χ0) is 13.7. The van der Waals surface area contributed by atoms with Crippen molar-refractivity contribution in [3.05, 3.63) is 46.8 Å². The average Bonchev–Trinajstić information content (AvgIpc) is 2.42. The second kappa shape index (κ2) is 6.04. The van der Waals surface area contributed by atoms with Gasteiger partial charge in [-0.25, -0.2) is 4.68 Å². The van der Waals surface area contributed by atoms with E-state index in [1.165, 1.54) is 10.7 Å². The van der Waals surface area contributed by atoms with Gasteiger partial charge in [-0.3, -0.25) is 4.79 Å². The molecule has 0 saturated heterocycles. The number of rotatable bonds is 5. The second-order valence-electron chi connectivity index (χ2n) is 4.16. The van der Waals surface area contributed by atoms with Gasteiger partial charge in [0.05, 0.1) is 6.61 Å². The molecule has 0 amide bonds. The van der Waals surface area contributed by atoms with Crippen molar-refractivity contribution in [2.24, 2.45) is 7.05 Å². The molecule has 5 heteroatoms. The van der Waals surface area contributed by atoms with E-state index in [1.54, 1.807) is 7.05 Å². The maximum atomic E-state index is 11.7. The molecule has 1 heterocycles. The fourth-order valence-corrected chi connectivity index (χ4v) is 1.59. The number of benzene rings is 1. The Morgan fingerprint density at radius 1 is 1.32 bits per heavy atom. The Hall–Kier alpha value is -2.30. The van der Waals surface area contributed by atoms with E-state index in [4.69, 9.17) is 4.74 Å². The van der Waals surface area contributed by atoms with Gasteiger partial charge in [0.25, 0.3) is 11.4 Å². The SMILES string of the molecule is CCCOc1nn(C)c(=O)cc1Nc1ccccc1. The number of nitrogens with one attached hydrogen (secondary N) is 1. The monoisotopic (exact) mass is 259 g/mol. The normalized spacial score (nSPS) is 10.2. The second-order valence-corrected chi connectivity index (χ2v) is 4.16. The van der Waals surface area contributed by atoms with E-state index < -0.39 is 0 Å². The third-order valence-corrected chi connectivity index (χ3v) is 2.55. The highest BCUT2D eigenvalue weighted by Crippen LogP contribution is 2.23. The van der Waals surface area contributed by atoms with E-state index in [-0.39, 0.29) is 5.56 Å². The minimum atomic E-state index is -0.178. The summed E-state index contributed by atoms with van der Waals surface area (Å²) < 4.78 is 6.83. The summed E-state index contributed by atoms with van der Waals surface area (Å²) in [5.41, 5.74) is 1.30. The Balaban J connectivity index is 2.32. The molecule has 0 bridgehead atoms. The lowest BCUT2D eigenvalue weighted by Gasteiger charge is -2.12. The van der Waals surface area contributed by atoms with Crippen molar-refractivity contribution in [1.82, 2.24) is 9.78 Å². The third-order valence-electron chi connectivity index (χ3n) is 2.55. The van der Waals surface area contributed by atoms with Gasteiger partial charge < -0.3 is 10.1 Å². The van der Waals surface area contributed by atoms with Crippen LogP contribution in [0.5, 0.6) is 5.88 Å². The highest BCUT2D eigenvalue weighted by molar-refractivity contribution is 5.63. The average molecular weight is 259 g/mol. The van der Waals surface area contributed by atoms with E-state index in [2.05, 4.69) is 10.4 Å². The molecule has 0 atom stereocenters. The number of nitrogens with zero attached hydrogens (tertiary/aromatic N) is 2. The number of para-hydroxylation sites is 1. The lowest BCUT2D eigenvalue weighted by molar-refractivity contribution is 0.298. The van der Waals surface area contributed by atoms with Gasteiger partial charge in [0.2, 0.25) is 0 Å². The molecule has 0 aliphatic carbocycles. The molecule has 0 fully saturated rings. The number of hydrogen-bond donors (Lipinski definition) is 1. The van der Waals surface area contributed by atoms with Crippen molar-refractivity contribution in [2.75, 3.05) is 11.9 Å². The zero-order valence-corrected chi connectivity index (χ0v) is 11.1. The molecule has 5 nitrogen and oxygen atoms in total. The van der Waals surface area contributed by atoms with Crippen LogP contribution in [0.1, 0.15) is 13.3 Å². The molecule has 1 aromatic heterocycles. The largest absolute Gasteiger partial charge is 0.475 e. The molecule has 0 saturated carbocycles. The molecule has 0 unspecified atom stereocenters. The summed E-state index contributed by atoms with van der Waals surface area (Å²) in [5.74, 6) is 0.438. The van der Waals surface area contributed by atoms with Crippen molar-refractivity contribution in [3.63, 3.8) is 0 Å². The van der Waals surface area contributed by atoms with Gasteiger partial charge in [-0.15, -0.1) is 5.10 Å². The minimum Gasteiger partial charge on any atom is -0.475 e. The standard InChI is InChI=1S/C14H17N3O2/c1-3-9-19-14-12(10-13(18)17(2)16-14)15-11-7-5-4-6-8-11/h4-8,10,15H,3,9H2,1-2H3. The molecule has 2 aromatic rings. The topological polar surface area (TPSA) is 56.2 Å². The lowest BCUT2D eigenvalue weighted by atomic mass is 10.3. The van der Waals surface area contributed by atoms with Crippen molar-refractivity contribution in [3.8, 4) is 5.88 Å². The summed E-state index contributed by atoms with van der Waals surface area (Å²) in [4.78, 5) is 11.7. The summed E-state index contributed by atoms with van der Waals surface area (Å²) in [7, 11) is 1.60. The van der Waals surface area contributed by atoms with Crippen LogP contribution in [0.25, 0.3) is 0 Å². The molecule has 0 radical (unpaired) electrons. The molecule has 0 aliphatic rings. The molecule has 100 valence electrons. The molecule has 2 rings (SSSR count). The number of hydrogen-bond acceptors (Lipinski definition) is 4. The van der Waals surface area contributed by atoms with Crippen LogP contribution < -0.4 is 15.6 Å². The van der Waals surface area contributed by atoms with Crippen LogP contribution in [0, 0.1) is 0 Å². The van der Waals surface area contributed by atoms with Crippen LogP contribution in [-0.4, -0.2) is 16.4 Å². The first kappa shape index (κ1) is 13.1. The van der Waals surface area contributed by atoms with Gasteiger partial charge in [0.15, 0.2) is 0 Å². The Morgan fingerprint density at radius 2 is 2.05 bits per heavy atom. The quantitative estimate of drug-likeness (QED) is 0.895. The van der Waals surface area contributed by atoms with Crippen LogP contribution in [-0.2, 0) is 7.05 Å². The molecular formula is C14H17N3O2. The van der Waals surface area contributed by atoms with Crippen molar-refractivity contribution < 1.29 is 4.74 Å². The minimum absolute atomic E-state index is 0.178. The van der Waals surface area contributed by atoms with Crippen LogP contribution in [0.15, 0.2) is 41.2 Å². The number of anilines is 2. The Bertz CT molecular complexity index is 593. The van der Waals surface area contributed by atoms with Gasteiger partial charge in [-0.05, 0) is 18.6 Å². The number of aryl methyl sites for hydroxylation is 1. The van der Waals surface area contributed by atoms with Gasteiger partial charge in [0, 0.05) is 18.8 Å². The van der Waals surface area contributed by atoms with E-state index >= 15 is 0 Å². The highest BCUT2D eigenvalue weighted by atomic mass is 16.5. The van der Waals surface area contributed by atoms with Gasteiger partial charge in [0.1, 0.15) is 5.69 Å². The molecule has 19 heavy (non-hydrogen) atoms. The predicted octanol–water partition coefficient (Wildman–Crippen LogP) is 2.31. The van der Waals surface area contributed by atoms with Gasteiger partial charge in [-0.1, -0.05) is 25.1 Å².